The normalized spacial score (nSPS) is 20.4. The van der Waals surface area contributed by atoms with Gasteiger partial charge in [-0.25, -0.2) is 4.79 Å². The molecule has 27 heavy (non-hydrogen) atoms. The molecule has 1 heterocycles. The summed E-state index contributed by atoms with van der Waals surface area (Å²) in [5.74, 6) is 0.487. The molecule has 5 nitrogen and oxygen atoms in total. The predicted octanol–water partition coefficient (Wildman–Crippen LogP) is 3.50. The highest BCUT2D eigenvalue weighted by Crippen LogP contribution is 2.52. The van der Waals surface area contributed by atoms with E-state index in [0.717, 1.165) is 51.7 Å². The Bertz CT molecular complexity index is 678. The van der Waals surface area contributed by atoms with Crippen molar-refractivity contribution in [2.75, 3.05) is 33.7 Å². The number of nitrogens with zero attached hydrogens (tertiary/aromatic N) is 2. The molecule has 0 bridgehead atoms. The maximum atomic E-state index is 12.4. The third-order valence-corrected chi connectivity index (χ3v) is 6.34. The van der Waals surface area contributed by atoms with Crippen LogP contribution in [0.15, 0.2) is 24.3 Å². The summed E-state index contributed by atoms with van der Waals surface area (Å²) in [5, 5.41) is 3.04. The van der Waals surface area contributed by atoms with Crippen molar-refractivity contribution >= 4 is 11.9 Å². The second-order valence-corrected chi connectivity index (χ2v) is 8.33. The molecule has 1 spiro atoms. The molecule has 1 N–H and O–H groups in total. The Labute approximate surface area is 163 Å². The number of benzene rings is 1. The van der Waals surface area contributed by atoms with Gasteiger partial charge >= 0.3 is 6.03 Å². The summed E-state index contributed by atoms with van der Waals surface area (Å²) in [6, 6.07) is 8.71. The minimum absolute atomic E-state index is 0.0731. The zero-order valence-corrected chi connectivity index (χ0v) is 17.0. The third-order valence-electron chi connectivity index (χ3n) is 6.34. The molecule has 5 heteroatoms. The van der Waals surface area contributed by atoms with Gasteiger partial charge in [0.2, 0.25) is 5.91 Å². The number of carbonyl (C=O) groups is 2. The van der Waals surface area contributed by atoms with Gasteiger partial charge in [-0.05, 0) is 48.1 Å². The minimum atomic E-state index is 0.0731. The number of rotatable bonds is 5. The Kier molecular flexibility index (Phi) is 6.08. The van der Waals surface area contributed by atoms with Crippen LogP contribution in [0.1, 0.15) is 62.5 Å². The molecule has 3 amide bonds. The molecule has 0 unspecified atom stereocenters. The van der Waals surface area contributed by atoms with Crippen LogP contribution >= 0.6 is 0 Å². The number of unbranched alkanes of at least 4 members (excludes halogenated alkanes) is 1. The van der Waals surface area contributed by atoms with Crippen LogP contribution in [0.25, 0.3) is 0 Å². The van der Waals surface area contributed by atoms with E-state index >= 15 is 0 Å². The predicted molar refractivity (Wildman–Crippen MR) is 108 cm³/mol. The van der Waals surface area contributed by atoms with Crippen LogP contribution in [0.5, 0.6) is 0 Å². The number of amides is 3. The first kappa shape index (κ1) is 19.7. The second-order valence-electron chi connectivity index (χ2n) is 8.33. The SMILES string of the molecule is CCCCNC(=O)N1CCC2(CC1)C[C@@H](CC(=O)N(C)C)c1ccccc12. The molecular weight excluding hydrogens is 338 g/mol. The van der Waals surface area contributed by atoms with Gasteiger partial charge < -0.3 is 15.1 Å². The van der Waals surface area contributed by atoms with Crippen LogP contribution in [0.2, 0.25) is 0 Å². The third kappa shape index (κ3) is 4.12. The fraction of sp³-hybridized carbons (Fsp3) is 0.636. The highest BCUT2D eigenvalue weighted by atomic mass is 16.2. The summed E-state index contributed by atoms with van der Waals surface area (Å²) >= 11 is 0. The fourth-order valence-electron chi connectivity index (χ4n) is 4.70. The number of fused-ring (bicyclic) bond motifs is 2. The van der Waals surface area contributed by atoms with Crippen molar-refractivity contribution in [3.05, 3.63) is 35.4 Å². The lowest BCUT2D eigenvalue weighted by Crippen LogP contribution is -2.48. The molecule has 3 rings (SSSR count). The Balaban J connectivity index is 1.69. The van der Waals surface area contributed by atoms with E-state index < -0.39 is 0 Å². The summed E-state index contributed by atoms with van der Waals surface area (Å²) < 4.78 is 0. The van der Waals surface area contributed by atoms with E-state index in [4.69, 9.17) is 0 Å². The monoisotopic (exact) mass is 371 g/mol. The average molecular weight is 372 g/mol. The molecule has 1 aromatic rings. The summed E-state index contributed by atoms with van der Waals surface area (Å²) in [4.78, 5) is 28.3. The number of piperidine rings is 1. The topological polar surface area (TPSA) is 52.7 Å². The van der Waals surface area contributed by atoms with Crippen molar-refractivity contribution in [1.82, 2.24) is 15.1 Å². The first-order valence-corrected chi connectivity index (χ1v) is 10.3. The largest absolute Gasteiger partial charge is 0.349 e. The lowest BCUT2D eigenvalue weighted by atomic mass is 9.73. The standard InChI is InChI=1S/C22H33N3O2/c1-4-5-12-23-21(27)25-13-10-22(11-14-25)16-17(15-20(26)24(2)3)18-8-6-7-9-19(18)22/h6-9,17H,4-5,10-16H2,1-3H3,(H,23,27)/t17-/m1/s1. The molecule has 1 fully saturated rings. The van der Waals surface area contributed by atoms with Gasteiger partial charge in [0.15, 0.2) is 0 Å². The van der Waals surface area contributed by atoms with E-state index in [9.17, 15) is 9.59 Å². The van der Waals surface area contributed by atoms with Gasteiger partial charge in [-0.2, -0.15) is 0 Å². The summed E-state index contributed by atoms with van der Waals surface area (Å²) in [7, 11) is 3.66. The van der Waals surface area contributed by atoms with Crippen LogP contribution in [0, 0.1) is 0 Å². The first-order chi connectivity index (χ1) is 13.0. The van der Waals surface area contributed by atoms with Crippen LogP contribution in [-0.4, -0.2) is 55.5 Å². The zero-order valence-electron chi connectivity index (χ0n) is 17.0. The molecule has 148 valence electrons. The summed E-state index contributed by atoms with van der Waals surface area (Å²) in [6.45, 7) is 4.47. The molecule has 0 saturated carbocycles. The van der Waals surface area contributed by atoms with Gasteiger partial charge in [-0.15, -0.1) is 0 Å². The molecule has 1 saturated heterocycles. The van der Waals surface area contributed by atoms with E-state index in [0.29, 0.717) is 12.3 Å². The number of carbonyl (C=O) groups excluding carboxylic acids is 2. The Morgan fingerprint density at radius 3 is 2.59 bits per heavy atom. The maximum absolute atomic E-state index is 12.4. The molecule has 2 aliphatic rings. The molecule has 1 atom stereocenters. The van der Waals surface area contributed by atoms with Gasteiger partial charge in [0.1, 0.15) is 0 Å². The van der Waals surface area contributed by atoms with Crippen molar-refractivity contribution < 1.29 is 9.59 Å². The van der Waals surface area contributed by atoms with Gasteiger partial charge in [0.25, 0.3) is 0 Å². The van der Waals surface area contributed by atoms with E-state index in [2.05, 4.69) is 36.5 Å². The smallest absolute Gasteiger partial charge is 0.317 e. The zero-order chi connectivity index (χ0) is 19.4. The lowest BCUT2D eigenvalue weighted by Gasteiger charge is -2.40. The molecule has 1 aliphatic heterocycles. The van der Waals surface area contributed by atoms with Gasteiger partial charge in [0.05, 0.1) is 0 Å². The highest BCUT2D eigenvalue weighted by Gasteiger charge is 2.46. The van der Waals surface area contributed by atoms with Crippen molar-refractivity contribution in [2.24, 2.45) is 0 Å². The minimum Gasteiger partial charge on any atom is -0.349 e. The van der Waals surface area contributed by atoms with E-state index in [1.165, 1.54) is 11.1 Å². The van der Waals surface area contributed by atoms with Gasteiger partial charge in [-0.3, -0.25) is 4.79 Å². The highest BCUT2D eigenvalue weighted by molar-refractivity contribution is 5.77. The number of hydrogen-bond donors (Lipinski definition) is 1. The Morgan fingerprint density at radius 1 is 1.22 bits per heavy atom. The van der Waals surface area contributed by atoms with Crippen molar-refractivity contribution in [3.8, 4) is 0 Å². The molecular formula is C22H33N3O2. The number of urea groups is 1. The maximum Gasteiger partial charge on any atom is 0.317 e. The van der Waals surface area contributed by atoms with E-state index in [1.807, 2.05) is 19.0 Å². The van der Waals surface area contributed by atoms with Crippen molar-refractivity contribution in [1.29, 1.82) is 0 Å². The van der Waals surface area contributed by atoms with Gasteiger partial charge in [-0.1, -0.05) is 37.6 Å². The lowest BCUT2D eigenvalue weighted by molar-refractivity contribution is -0.129. The van der Waals surface area contributed by atoms with Crippen molar-refractivity contribution in [2.45, 2.75) is 56.8 Å². The quantitative estimate of drug-likeness (QED) is 0.806. The van der Waals surface area contributed by atoms with Crippen LogP contribution < -0.4 is 5.32 Å². The number of nitrogens with one attached hydrogen (secondary N) is 1. The molecule has 0 aromatic heterocycles. The van der Waals surface area contributed by atoms with E-state index in [1.54, 1.807) is 4.90 Å². The second kappa shape index (κ2) is 8.32. The average Bonchev–Trinajstić information content (AvgIpc) is 2.96. The Morgan fingerprint density at radius 2 is 1.93 bits per heavy atom. The Hall–Kier alpha value is -2.04. The van der Waals surface area contributed by atoms with Crippen molar-refractivity contribution in [3.63, 3.8) is 0 Å². The molecule has 0 radical (unpaired) electrons. The molecule has 1 aromatic carbocycles. The van der Waals surface area contributed by atoms with Crippen LogP contribution in [-0.2, 0) is 10.2 Å². The van der Waals surface area contributed by atoms with Gasteiger partial charge in [0, 0.05) is 40.2 Å². The first-order valence-electron chi connectivity index (χ1n) is 10.3. The fourth-order valence-corrected chi connectivity index (χ4v) is 4.70. The van der Waals surface area contributed by atoms with Crippen LogP contribution in [0.4, 0.5) is 4.79 Å². The number of hydrogen-bond acceptors (Lipinski definition) is 2. The molecule has 1 aliphatic carbocycles. The van der Waals surface area contributed by atoms with E-state index in [-0.39, 0.29) is 17.4 Å². The number of likely N-dealkylation sites (tertiary alicyclic amines) is 1. The van der Waals surface area contributed by atoms with Crippen LogP contribution in [0.3, 0.4) is 0 Å². The summed E-state index contributed by atoms with van der Waals surface area (Å²) in [6.07, 6.45) is 5.69. The summed E-state index contributed by atoms with van der Waals surface area (Å²) in [5.41, 5.74) is 2.87.